The van der Waals surface area contributed by atoms with Crippen molar-refractivity contribution in [3.8, 4) is 5.75 Å². The lowest BCUT2D eigenvalue weighted by Crippen LogP contribution is -2.40. The van der Waals surface area contributed by atoms with Crippen LogP contribution in [0.25, 0.3) is 0 Å². The van der Waals surface area contributed by atoms with Gasteiger partial charge in [-0.05, 0) is 67.6 Å². The minimum Gasteiger partial charge on any atom is -0.496 e. The lowest BCUT2D eigenvalue weighted by atomic mass is 9.95. The fourth-order valence-corrected chi connectivity index (χ4v) is 3.88. The largest absolute Gasteiger partial charge is 0.496 e. The number of hydrogen-bond acceptors (Lipinski definition) is 4. The number of likely N-dealkylation sites (N-methyl/N-ethyl adjacent to an activating group) is 1. The Morgan fingerprint density at radius 3 is 2.61 bits per heavy atom. The summed E-state index contributed by atoms with van der Waals surface area (Å²) in [6, 6.07) is 12.1. The highest BCUT2D eigenvalue weighted by molar-refractivity contribution is 5.78. The van der Waals surface area contributed by atoms with Gasteiger partial charge in [-0.25, -0.2) is 0 Å². The van der Waals surface area contributed by atoms with Gasteiger partial charge < -0.3 is 14.5 Å². The standard InChI is InChI=1S/C23H31N3O2/c1-25(23(27)17-19-7-12-24-13-8-19)18-20-9-14-26(15-10-20)16-11-21-5-3-4-6-22(21)28-2/h3-8,12-13,20H,9-11,14-18H2,1-2H3. The number of para-hydroxylation sites is 1. The maximum atomic E-state index is 12.5. The van der Waals surface area contributed by atoms with Crippen molar-refractivity contribution >= 4 is 5.91 Å². The molecule has 5 heteroatoms. The van der Waals surface area contributed by atoms with Crippen molar-refractivity contribution in [2.24, 2.45) is 5.92 Å². The van der Waals surface area contributed by atoms with E-state index in [-0.39, 0.29) is 5.91 Å². The van der Waals surface area contributed by atoms with E-state index in [9.17, 15) is 4.79 Å². The van der Waals surface area contributed by atoms with Crippen molar-refractivity contribution in [1.29, 1.82) is 0 Å². The topological polar surface area (TPSA) is 45.7 Å². The van der Waals surface area contributed by atoms with Crippen LogP contribution in [0.15, 0.2) is 48.8 Å². The molecule has 0 saturated carbocycles. The van der Waals surface area contributed by atoms with Crippen LogP contribution in [0.5, 0.6) is 5.75 Å². The van der Waals surface area contributed by atoms with Gasteiger partial charge in [0.2, 0.25) is 5.91 Å². The van der Waals surface area contributed by atoms with E-state index in [2.05, 4.69) is 22.0 Å². The third kappa shape index (κ3) is 5.80. The number of amides is 1. The molecule has 0 radical (unpaired) electrons. The summed E-state index contributed by atoms with van der Waals surface area (Å²) >= 11 is 0. The summed E-state index contributed by atoms with van der Waals surface area (Å²) in [5, 5.41) is 0. The summed E-state index contributed by atoms with van der Waals surface area (Å²) < 4.78 is 5.45. The van der Waals surface area contributed by atoms with E-state index in [0.717, 1.165) is 56.8 Å². The lowest BCUT2D eigenvalue weighted by Gasteiger charge is -2.34. The van der Waals surface area contributed by atoms with Gasteiger partial charge in [-0.1, -0.05) is 18.2 Å². The van der Waals surface area contributed by atoms with Crippen LogP contribution in [-0.4, -0.2) is 61.0 Å². The average Bonchev–Trinajstić information content (AvgIpc) is 2.74. The molecule has 28 heavy (non-hydrogen) atoms. The van der Waals surface area contributed by atoms with Crippen molar-refractivity contribution < 1.29 is 9.53 Å². The molecule has 1 aliphatic rings. The predicted octanol–water partition coefficient (Wildman–Crippen LogP) is 3.05. The molecule has 1 amide bonds. The molecule has 2 aromatic rings. The first-order valence-electron chi connectivity index (χ1n) is 10.1. The average molecular weight is 382 g/mol. The molecule has 150 valence electrons. The second-order valence-electron chi connectivity index (χ2n) is 7.65. The van der Waals surface area contributed by atoms with E-state index in [4.69, 9.17) is 4.74 Å². The predicted molar refractivity (Wildman–Crippen MR) is 111 cm³/mol. The first-order chi connectivity index (χ1) is 13.7. The number of methoxy groups -OCH3 is 1. The van der Waals surface area contributed by atoms with Gasteiger partial charge in [-0.15, -0.1) is 0 Å². The molecule has 0 atom stereocenters. The van der Waals surface area contributed by atoms with Gasteiger partial charge in [0.25, 0.3) is 0 Å². The molecule has 0 aliphatic carbocycles. The SMILES string of the molecule is COc1ccccc1CCN1CCC(CN(C)C(=O)Cc2ccncc2)CC1. The molecule has 1 aliphatic heterocycles. The zero-order chi connectivity index (χ0) is 19.8. The highest BCUT2D eigenvalue weighted by Crippen LogP contribution is 2.21. The van der Waals surface area contributed by atoms with Crippen LogP contribution in [0.2, 0.25) is 0 Å². The van der Waals surface area contributed by atoms with E-state index < -0.39 is 0 Å². The number of ether oxygens (including phenoxy) is 1. The van der Waals surface area contributed by atoms with Gasteiger partial charge in [-0.2, -0.15) is 0 Å². The van der Waals surface area contributed by atoms with Gasteiger partial charge >= 0.3 is 0 Å². The Morgan fingerprint density at radius 1 is 1.18 bits per heavy atom. The molecule has 2 heterocycles. The summed E-state index contributed by atoms with van der Waals surface area (Å²) in [4.78, 5) is 20.9. The fraction of sp³-hybridized carbons (Fsp3) is 0.478. The Kier molecular flexibility index (Phi) is 7.43. The Balaban J connectivity index is 1.39. The minimum atomic E-state index is 0.185. The van der Waals surface area contributed by atoms with E-state index in [1.807, 2.05) is 36.2 Å². The maximum Gasteiger partial charge on any atom is 0.226 e. The Hall–Kier alpha value is -2.40. The Bertz CT molecular complexity index is 743. The second kappa shape index (κ2) is 10.2. The van der Waals surface area contributed by atoms with Gasteiger partial charge in [0.15, 0.2) is 0 Å². The monoisotopic (exact) mass is 381 g/mol. The maximum absolute atomic E-state index is 12.5. The Labute approximate surface area is 168 Å². The van der Waals surface area contributed by atoms with Crippen molar-refractivity contribution in [1.82, 2.24) is 14.8 Å². The highest BCUT2D eigenvalue weighted by atomic mass is 16.5. The fourth-order valence-electron chi connectivity index (χ4n) is 3.88. The molecule has 1 fully saturated rings. The first kappa shape index (κ1) is 20.3. The van der Waals surface area contributed by atoms with Crippen LogP contribution in [0, 0.1) is 5.92 Å². The van der Waals surface area contributed by atoms with Crippen LogP contribution < -0.4 is 4.74 Å². The van der Waals surface area contributed by atoms with E-state index in [1.54, 1.807) is 19.5 Å². The normalized spacial score (nSPS) is 15.4. The van der Waals surface area contributed by atoms with Crippen molar-refractivity contribution in [3.05, 3.63) is 59.9 Å². The summed E-state index contributed by atoms with van der Waals surface area (Å²) in [5.41, 5.74) is 2.30. The molecule has 0 bridgehead atoms. The van der Waals surface area contributed by atoms with Crippen molar-refractivity contribution in [2.75, 3.05) is 40.3 Å². The van der Waals surface area contributed by atoms with E-state index in [1.165, 1.54) is 5.56 Å². The second-order valence-corrected chi connectivity index (χ2v) is 7.65. The molecule has 1 aromatic carbocycles. The molecule has 5 nitrogen and oxygen atoms in total. The number of rotatable bonds is 8. The number of hydrogen-bond donors (Lipinski definition) is 0. The zero-order valence-corrected chi connectivity index (χ0v) is 17.0. The molecule has 1 aromatic heterocycles. The number of carbonyl (C=O) groups excluding carboxylic acids is 1. The van der Waals surface area contributed by atoms with Crippen molar-refractivity contribution in [2.45, 2.75) is 25.7 Å². The first-order valence-corrected chi connectivity index (χ1v) is 10.1. The minimum absolute atomic E-state index is 0.185. The third-order valence-corrected chi connectivity index (χ3v) is 5.66. The number of benzene rings is 1. The molecule has 0 N–H and O–H groups in total. The molecule has 0 unspecified atom stereocenters. The number of piperidine rings is 1. The van der Waals surface area contributed by atoms with E-state index >= 15 is 0 Å². The summed E-state index contributed by atoms with van der Waals surface area (Å²) in [6.45, 7) is 4.12. The van der Waals surface area contributed by atoms with Crippen LogP contribution >= 0.6 is 0 Å². The smallest absolute Gasteiger partial charge is 0.226 e. The van der Waals surface area contributed by atoms with Crippen molar-refractivity contribution in [3.63, 3.8) is 0 Å². The Morgan fingerprint density at radius 2 is 1.89 bits per heavy atom. The molecule has 1 saturated heterocycles. The third-order valence-electron chi connectivity index (χ3n) is 5.66. The van der Waals surface area contributed by atoms with Gasteiger partial charge in [-0.3, -0.25) is 9.78 Å². The number of carbonyl (C=O) groups is 1. The molecular weight excluding hydrogens is 350 g/mol. The zero-order valence-electron chi connectivity index (χ0n) is 17.0. The summed E-state index contributed by atoms with van der Waals surface area (Å²) in [5.74, 6) is 1.76. The van der Waals surface area contributed by atoms with E-state index in [0.29, 0.717) is 12.3 Å². The number of pyridine rings is 1. The van der Waals surface area contributed by atoms with Crippen LogP contribution in [0.3, 0.4) is 0 Å². The molecular formula is C23H31N3O2. The van der Waals surface area contributed by atoms with Crippen LogP contribution in [-0.2, 0) is 17.6 Å². The quantitative estimate of drug-likeness (QED) is 0.705. The lowest BCUT2D eigenvalue weighted by molar-refractivity contribution is -0.129. The van der Waals surface area contributed by atoms with Gasteiger partial charge in [0.05, 0.1) is 13.5 Å². The molecule has 0 spiro atoms. The highest BCUT2D eigenvalue weighted by Gasteiger charge is 2.22. The number of likely N-dealkylation sites (tertiary alicyclic amines) is 1. The summed E-state index contributed by atoms with van der Waals surface area (Å²) in [7, 11) is 3.66. The van der Waals surface area contributed by atoms with Crippen LogP contribution in [0.4, 0.5) is 0 Å². The number of aromatic nitrogens is 1. The number of nitrogens with zero attached hydrogens (tertiary/aromatic N) is 3. The van der Waals surface area contributed by atoms with Crippen LogP contribution in [0.1, 0.15) is 24.0 Å². The molecule has 3 rings (SSSR count). The van der Waals surface area contributed by atoms with Gasteiger partial charge in [0.1, 0.15) is 5.75 Å². The summed E-state index contributed by atoms with van der Waals surface area (Å²) in [6.07, 6.45) is 7.25. The van der Waals surface area contributed by atoms with Gasteiger partial charge in [0, 0.05) is 32.5 Å².